The van der Waals surface area contributed by atoms with Crippen molar-refractivity contribution in [3.8, 4) is 11.1 Å². The molecule has 178 valence electrons. The number of amides is 1. The summed E-state index contributed by atoms with van der Waals surface area (Å²) in [4.78, 5) is 23.3. The molecule has 2 aromatic rings. The molecule has 0 radical (unpaired) electrons. The average molecular weight is 462 g/mol. The zero-order valence-corrected chi connectivity index (χ0v) is 19.0. The van der Waals surface area contributed by atoms with E-state index in [1.165, 1.54) is 18.7 Å². The highest BCUT2D eigenvalue weighted by Crippen LogP contribution is 2.40. The summed E-state index contributed by atoms with van der Waals surface area (Å²) < 4.78 is 40.2. The van der Waals surface area contributed by atoms with E-state index in [1.807, 2.05) is 11.8 Å². The van der Waals surface area contributed by atoms with Gasteiger partial charge in [-0.2, -0.15) is 13.2 Å². The van der Waals surface area contributed by atoms with Gasteiger partial charge in [0, 0.05) is 48.3 Å². The van der Waals surface area contributed by atoms with Crippen molar-refractivity contribution in [2.75, 3.05) is 18.0 Å². The van der Waals surface area contributed by atoms with Crippen molar-refractivity contribution in [3.63, 3.8) is 0 Å². The third-order valence-electron chi connectivity index (χ3n) is 6.59. The Balaban J connectivity index is 1.82. The van der Waals surface area contributed by atoms with Crippen LogP contribution in [0.4, 0.5) is 18.9 Å². The molecule has 2 aromatic heterocycles. The van der Waals surface area contributed by atoms with Crippen molar-refractivity contribution in [3.05, 3.63) is 41.5 Å². The predicted molar refractivity (Wildman–Crippen MR) is 121 cm³/mol. The highest BCUT2D eigenvalue weighted by Gasteiger charge is 2.36. The van der Waals surface area contributed by atoms with Gasteiger partial charge in [0.15, 0.2) is 0 Å². The lowest BCUT2D eigenvalue weighted by Gasteiger charge is -2.29. The number of alkyl halides is 3. The molecule has 3 N–H and O–H groups in total. The fraction of sp³-hybridized carbons (Fsp3) is 0.542. The minimum absolute atomic E-state index is 0.0972. The van der Waals surface area contributed by atoms with Gasteiger partial charge in [0.05, 0.1) is 11.3 Å². The van der Waals surface area contributed by atoms with Gasteiger partial charge >= 0.3 is 6.18 Å². The fourth-order valence-corrected chi connectivity index (χ4v) is 4.86. The minimum atomic E-state index is -4.57. The highest BCUT2D eigenvalue weighted by atomic mass is 19.4. The van der Waals surface area contributed by atoms with E-state index in [4.69, 9.17) is 5.73 Å². The fourth-order valence-electron chi connectivity index (χ4n) is 4.86. The van der Waals surface area contributed by atoms with Crippen molar-refractivity contribution in [2.45, 2.75) is 70.1 Å². The van der Waals surface area contributed by atoms with Gasteiger partial charge in [-0.15, -0.1) is 0 Å². The molecule has 3 heterocycles. The van der Waals surface area contributed by atoms with E-state index in [0.29, 0.717) is 47.6 Å². The van der Waals surface area contributed by atoms with Gasteiger partial charge in [-0.3, -0.25) is 14.8 Å². The molecule has 33 heavy (non-hydrogen) atoms. The smallest absolute Gasteiger partial charge is 0.368 e. The molecule has 6 nitrogen and oxygen atoms in total. The predicted octanol–water partition coefficient (Wildman–Crippen LogP) is 4.46. The van der Waals surface area contributed by atoms with E-state index in [9.17, 15) is 18.0 Å². The van der Waals surface area contributed by atoms with Crippen LogP contribution in [0.2, 0.25) is 0 Å². The minimum Gasteiger partial charge on any atom is -0.368 e. The number of anilines is 1. The topological polar surface area (TPSA) is 84.1 Å². The van der Waals surface area contributed by atoms with Crippen LogP contribution in [0.3, 0.4) is 0 Å². The Labute approximate surface area is 191 Å². The molecule has 1 amide bonds. The van der Waals surface area contributed by atoms with E-state index in [2.05, 4.69) is 15.3 Å². The summed E-state index contributed by atoms with van der Waals surface area (Å²) in [7, 11) is 0. The zero-order valence-electron chi connectivity index (χ0n) is 19.0. The second-order valence-corrected chi connectivity index (χ2v) is 9.54. The number of nitrogens with two attached hydrogens (primary N) is 1. The monoisotopic (exact) mass is 461 g/mol. The molecule has 1 saturated carbocycles. The second kappa shape index (κ2) is 8.93. The van der Waals surface area contributed by atoms with Crippen LogP contribution in [0.5, 0.6) is 0 Å². The molecule has 2 fully saturated rings. The molecule has 1 aliphatic heterocycles. The molecule has 0 unspecified atom stereocenters. The molecule has 1 saturated heterocycles. The molecule has 0 bridgehead atoms. The number of nitrogens with zero attached hydrogens (tertiary/aromatic N) is 3. The lowest BCUT2D eigenvalue weighted by Crippen LogP contribution is -2.40. The molecule has 2 aliphatic rings. The van der Waals surface area contributed by atoms with Crippen molar-refractivity contribution < 1.29 is 18.0 Å². The first-order valence-electron chi connectivity index (χ1n) is 11.4. The number of rotatable bonds is 4. The van der Waals surface area contributed by atoms with Gasteiger partial charge in [-0.1, -0.05) is 19.3 Å². The van der Waals surface area contributed by atoms with Crippen LogP contribution in [-0.2, 0) is 6.18 Å². The number of hydrogen-bond donors (Lipinski definition) is 2. The number of hydrogen-bond acceptors (Lipinski definition) is 5. The van der Waals surface area contributed by atoms with Crippen molar-refractivity contribution in [2.24, 2.45) is 5.73 Å². The Bertz CT molecular complexity index is 1030. The third kappa shape index (κ3) is 5.13. The third-order valence-corrected chi connectivity index (χ3v) is 6.59. The van der Waals surface area contributed by atoms with E-state index in [0.717, 1.165) is 37.9 Å². The number of aromatic nitrogens is 2. The molecule has 4 rings (SSSR count). The molecular formula is C24H30F3N5O. The first-order valence-corrected chi connectivity index (χ1v) is 11.4. The number of pyridine rings is 2. The Morgan fingerprint density at radius 3 is 2.61 bits per heavy atom. The first kappa shape index (κ1) is 23.5. The Kier molecular flexibility index (Phi) is 6.35. The summed E-state index contributed by atoms with van der Waals surface area (Å²) in [5.41, 5.74) is 7.27. The van der Waals surface area contributed by atoms with Gasteiger partial charge in [0.1, 0.15) is 5.69 Å². The average Bonchev–Trinajstić information content (AvgIpc) is 3.13. The SMILES string of the molecule is Cc1ncc(C(=O)NC2CCCCC2)c(N2CC[C@](C)(N)C2)c1-c1ccnc(C(F)(F)F)c1. The molecule has 0 aromatic carbocycles. The highest BCUT2D eigenvalue weighted by molar-refractivity contribution is 6.03. The van der Waals surface area contributed by atoms with Crippen LogP contribution in [-0.4, -0.2) is 40.5 Å². The van der Waals surface area contributed by atoms with E-state index in [1.54, 1.807) is 6.92 Å². The maximum Gasteiger partial charge on any atom is 0.433 e. The Hall–Kier alpha value is -2.68. The Morgan fingerprint density at radius 1 is 1.24 bits per heavy atom. The van der Waals surface area contributed by atoms with Crippen LogP contribution in [0.1, 0.15) is 67.2 Å². The number of aryl methyl sites for hydroxylation is 1. The van der Waals surface area contributed by atoms with Crippen LogP contribution >= 0.6 is 0 Å². The number of nitrogens with one attached hydrogen (secondary N) is 1. The number of carbonyl (C=O) groups excluding carboxylic acids is 1. The van der Waals surface area contributed by atoms with Crippen molar-refractivity contribution in [1.82, 2.24) is 15.3 Å². The lowest BCUT2D eigenvalue weighted by molar-refractivity contribution is -0.141. The first-order chi connectivity index (χ1) is 15.5. The van der Waals surface area contributed by atoms with Crippen LogP contribution < -0.4 is 16.0 Å². The normalized spacial score (nSPS) is 21.9. The van der Waals surface area contributed by atoms with Gasteiger partial charge < -0.3 is 16.0 Å². The summed E-state index contributed by atoms with van der Waals surface area (Å²) in [5, 5.41) is 3.12. The summed E-state index contributed by atoms with van der Waals surface area (Å²) in [6.45, 7) is 4.78. The van der Waals surface area contributed by atoms with Gasteiger partial charge in [-0.25, -0.2) is 0 Å². The van der Waals surface area contributed by atoms with Crippen LogP contribution in [0.15, 0.2) is 24.5 Å². The summed E-state index contributed by atoms with van der Waals surface area (Å²) in [6, 6.07) is 2.65. The molecule has 1 atom stereocenters. The Morgan fingerprint density at radius 2 is 1.97 bits per heavy atom. The standard InChI is InChI=1S/C24H30F3N5O/c1-15-20(16-8-10-29-19(12-16)24(25,26)27)21(32-11-9-23(2,28)14-32)18(13-30-15)22(33)31-17-6-4-3-5-7-17/h8,10,12-13,17H,3-7,9,11,14,28H2,1-2H3,(H,31,33)/t23-/m0/s1. The van der Waals surface area contributed by atoms with Gasteiger partial charge in [0.2, 0.25) is 0 Å². The molecule has 1 aliphatic carbocycles. The quantitative estimate of drug-likeness (QED) is 0.702. The maximum absolute atomic E-state index is 13.4. The van der Waals surface area contributed by atoms with E-state index in [-0.39, 0.29) is 11.9 Å². The van der Waals surface area contributed by atoms with Crippen molar-refractivity contribution in [1.29, 1.82) is 0 Å². The van der Waals surface area contributed by atoms with E-state index >= 15 is 0 Å². The summed E-state index contributed by atoms with van der Waals surface area (Å²) in [6.07, 6.45) is 3.98. The molecular weight excluding hydrogens is 431 g/mol. The molecule has 9 heteroatoms. The molecule has 0 spiro atoms. The van der Waals surface area contributed by atoms with E-state index < -0.39 is 17.4 Å². The second-order valence-electron chi connectivity index (χ2n) is 9.54. The maximum atomic E-state index is 13.4. The van der Waals surface area contributed by atoms with Crippen molar-refractivity contribution >= 4 is 11.6 Å². The lowest BCUT2D eigenvalue weighted by atomic mass is 9.94. The zero-order chi connectivity index (χ0) is 23.8. The van der Waals surface area contributed by atoms with Gasteiger partial charge in [0.25, 0.3) is 5.91 Å². The summed E-state index contributed by atoms with van der Waals surface area (Å²) in [5.74, 6) is -0.249. The van der Waals surface area contributed by atoms with Gasteiger partial charge in [-0.05, 0) is 50.8 Å². The summed E-state index contributed by atoms with van der Waals surface area (Å²) >= 11 is 0. The van der Waals surface area contributed by atoms with Crippen LogP contribution in [0, 0.1) is 6.92 Å². The number of halogens is 3. The largest absolute Gasteiger partial charge is 0.433 e. The van der Waals surface area contributed by atoms with Crippen LogP contribution in [0.25, 0.3) is 11.1 Å². The number of carbonyl (C=O) groups is 1.